The minimum absolute atomic E-state index is 0.00195. The lowest BCUT2D eigenvalue weighted by atomic mass is 10.3. The van der Waals surface area contributed by atoms with E-state index in [1.165, 1.54) is 0 Å². The number of anilines is 1. The summed E-state index contributed by atoms with van der Waals surface area (Å²) < 4.78 is 51.8. The van der Waals surface area contributed by atoms with Crippen molar-refractivity contribution >= 4 is 43.2 Å². The molecule has 0 radical (unpaired) electrons. The highest BCUT2D eigenvalue weighted by Gasteiger charge is 2.19. The van der Waals surface area contributed by atoms with Crippen molar-refractivity contribution in [1.29, 1.82) is 0 Å². The Labute approximate surface area is 118 Å². The molecule has 0 amide bonds. The average Bonchev–Trinajstić information content (AvgIpc) is 2.22. The fourth-order valence-corrected chi connectivity index (χ4v) is 3.60. The third-order valence-corrected chi connectivity index (χ3v) is 4.71. The number of halogens is 4. The number of nitrogens with one attached hydrogen (secondary N) is 1. The average molecular weight is 363 g/mol. The molecule has 0 aromatic heterocycles. The Bertz CT molecular complexity index is 516. The van der Waals surface area contributed by atoms with Crippen molar-refractivity contribution in [2.24, 2.45) is 5.92 Å². The maximum Gasteiger partial charge on any atom is 0.233 e. The van der Waals surface area contributed by atoms with Crippen LogP contribution in [-0.2, 0) is 10.0 Å². The van der Waals surface area contributed by atoms with E-state index in [-0.39, 0.29) is 27.7 Å². The van der Waals surface area contributed by atoms with Gasteiger partial charge in [-0.3, -0.25) is 4.72 Å². The van der Waals surface area contributed by atoms with E-state index in [1.54, 1.807) is 6.92 Å². The summed E-state index contributed by atoms with van der Waals surface area (Å²) in [6.07, 6.45) is 0. The first kappa shape index (κ1) is 15.7. The highest BCUT2D eigenvalue weighted by molar-refractivity contribution is 9.10. The molecule has 1 aromatic carbocycles. The first-order chi connectivity index (χ1) is 8.25. The molecule has 1 rings (SSSR count). The molecule has 1 aromatic rings. The summed E-state index contributed by atoms with van der Waals surface area (Å²) in [5.74, 6) is -2.11. The molecule has 0 aliphatic rings. The molecule has 8 heteroatoms. The molecule has 0 spiro atoms. The summed E-state index contributed by atoms with van der Waals surface area (Å²) >= 11 is 8.42. The second-order valence-corrected chi connectivity index (χ2v) is 6.82. The van der Waals surface area contributed by atoms with Gasteiger partial charge in [0, 0.05) is 16.4 Å². The summed E-state index contributed by atoms with van der Waals surface area (Å²) in [4.78, 5) is 0. The van der Waals surface area contributed by atoms with Gasteiger partial charge in [-0.2, -0.15) is 0 Å². The number of alkyl halides is 1. The van der Waals surface area contributed by atoms with Crippen molar-refractivity contribution in [3.05, 3.63) is 28.2 Å². The molecule has 3 nitrogen and oxygen atoms in total. The van der Waals surface area contributed by atoms with E-state index in [2.05, 4.69) is 20.7 Å². The van der Waals surface area contributed by atoms with Gasteiger partial charge in [0.2, 0.25) is 10.0 Å². The van der Waals surface area contributed by atoms with Gasteiger partial charge in [0.25, 0.3) is 0 Å². The second kappa shape index (κ2) is 6.16. The molecule has 0 saturated heterocycles. The molecule has 0 aliphatic heterocycles. The maximum absolute atomic E-state index is 13.4. The van der Waals surface area contributed by atoms with Crippen LogP contribution in [-0.4, -0.2) is 20.1 Å². The van der Waals surface area contributed by atoms with E-state index < -0.39 is 21.7 Å². The molecule has 1 N–H and O–H groups in total. The summed E-state index contributed by atoms with van der Waals surface area (Å²) in [7, 11) is -3.73. The Hall–Kier alpha value is -0.400. The van der Waals surface area contributed by atoms with Crippen LogP contribution in [0, 0.1) is 17.6 Å². The van der Waals surface area contributed by atoms with Crippen molar-refractivity contribution in [3.63, 3.8) is 0 Å². The highest BCUT2D eigenvalue weighted by atomic mass is 79.9. The molecule has 0 heterocycles. The van der Waals surface area contributed by atoms with Crippen molar-refractivity contribution in [3.8, 4) is 0 Å². The smallest absolute Gasteiger partial charge is 0.233 e. The van der Waals surface area contributed by atoms with Gasteiger partial charge in [-0.05, 0) is 27.9 Å². The zero-order chi connectivity index (χ0) is 13.9. The van der Waals surface area contributed by atoms with Gasteiger partial charge in [0.05, 0.1) is 11.4 Å². The maximum atomic E-state index is 13.4. The van der Waals surface area contributed by atoms with E-state index in [1.807, 2.05) is 0 Å². The van der Waals surface area contributed by atoms with Gasteiger partial charge in [0.1, 0.15) is 5.82 Å². The lowest BCUT2D eigenvalue weighted by molar-refractivity contribution is 0.578. The van der Waals surface area contributed by atoms with Crippen molar-refractivity contribution in [2.45, 2.75) is 6.92 Å². The van der Waals surface area contributed by atoms with Crippen LogP contribution in [0.2, 0.25) is 0 Å². The number of rotatable bonds is 5. The van der Waals surface area contributed by atoms with Crippen LogP contribution in [0.5, 0.6) is 0 Å². The second-order valence-electron chi connectivity index (χ2n) is 3.89. The Morgan fingerprint density at radius 3 is 2.56 bits per heavy atom. The molecule has 1 unspecified atom stereocenters. The van der Waals surface area contributed by atoms with Crippen LogP contribution in [0.3, 0.4) is 0 Å². The summed E-state index contributed by atoms with van der Waals surface area (Å²) in [5, 5.41) is 0. The van der Waals surface area contributed by atoms with E-state index in [0.717, 1.165) is 6.07 Å². The lowest BCUT2D eigenvalue weighted by Gasteiger charge is -2.13. The topological polar surface area (TPSA) is 46.2 Å². The summed E-state index contributed by atoms with van der Waals surface area (Å²) in [6, 6.07) is 1.58. The minimum Gasteiger partial charge on any atom is -0.279 e. The molecular weight excluding hydrogens is 352 g/mol. The van der Waals surface area contributed by atoms with Crippen molar-refractivity contribution in [2.75, 3.05) is 16.4 Å². The van der Waals surface area contributed by atoms with Gasteiger partial charge in [0.15, 0.2) is 5.82 Å². The van der Waals surface area contributed by atoms with E-state index in [9.17, 15) is 17.2 Å². The number of benzene rings is 1. The first-order valence-electron chi connectivity index (χ1n) is 4.96. The normalized spacial score (nSPS) is 13.4. The Morgan fingerprint density at radius 1 is 1.44 bits per heavy atom. The minimum atomic E-state index is -3.73. The lowest BCUT2D eigenvalue weighted by Crippen LogP contribution is -2.23. The SMILES string of the molecule is CC(CCl)CS(=O)(=O)Nc1c(F)cc(F)cc1Br. The number of sulfonamides is 1. The van der Waals surface area contributed by atoms with E-state index in [4.69, 9.17) is 11.6 Å². The van der Waals surface area contributed by atoms with Gasteiger partial charge in [-0.25, -0.2) is 17.2 Å². The van der Waals surface area contributed by atoms with Crippen molar-refractivity contribution in [1.82, 2.24) is 0 Å². The third-order valence-electron chi connectivity index (χ3n) is 2.03. The van der Waals surface area contributed by atoms with E-state index >= 15 is 0 Å². The molecule has 0 saturated carbocycles. The van der Waals surface area contributed by atoms with Crippen LogP contribution < -0.4 is 4.72 Å². The van der Waals surface area contributed by atoms with Crippen LogP contribution in [0.4, 0.5) is 14.5 Å². The van der Waals surface area contributed by atoms with Gasteiger partial charge < -0.3 is 0 Å². The van der Waals surface area contributed by atoms with Crippen LogP contribution in [0.15, 0.2) is 16.6 Å². The number of hydrogen-bond acceptors (Lipinski definition) is 2. The Kier molecular flexibility index (Phi) is 5.36. The fourth-order valence-electron chi connectivity index (χ4n) is 1.26. The van der Waals surface area contributed by atoms with E-state index in [0.29, 0.717) is 6.07 Å². The van der Waals surface area contributed by atoms with Gasteiger partial charge in [-0.15, -0.1) is 11.6 Å². The predicted octanol–water partition coefficient (Wildman–Crippen LogP) is 3.34. The summed E-state index contributed by atoms with van der Waals surface area (Å²) in [6.45, 7) is 1.66. The molecule has 18 heavy (non-hydrogen) atoms. The summed E-state index contributed by atoms with van der Waals surface area (Å²) in [5.41, 5.74) is -0.307. The largest absolute Gasteiger partial charge is 0.279 e. The molecule has 102 valence electrons. The van der Waals surface area contributed by atoms with Crippen LogP contribution >= 0.6 is 27.5 Å². The third kappa shape index (κ3) is 4.37. The van der Waals surface area contributed by atoms with Crippen molar-refractivity contribution < 1.29 is 17.2 Å². The fraction of sp³-hybridized carbons (Fsp3) is 0.400. The Balaban J connectivity index is 2.98. The van der Waals surface area contributed by atoms with Gasteiger partial charge >= 0.3 is 0 Å². The van der Waals surface area contributed by atoms with Crippen LogP contribution in [0.1, 0.15) is 6.92 Å². The first-order valence-corrected chi connectivity index (χ1v) is 7.94. The standard InChI is InChI=1S/C10H11BrClF2NO2S/c1-6(4-12)5-18(16,17)15-10-8(11)2-7(13)3-9(10)14/h2-3,6,15H,4-5H2,1H3. The Morgan fingerprint density at radius 2 is 2.06 bits per heavy atom. The monoisotopic (exact) mass is 361 g/mol. The van der Waals surface area contributed by atoms with Crippen LogP contribution in [0.25, 0.3) is 0 Å². The predicted molar refractivity (Wildman–Crippen MR) is 71.4 cm³/mol. The highest BCUT2D eigenvalue weighted by Crippen LogP contribution is 2.28. The quantitative estimate of drug-likeness (QED) is 0.817. The number of hydrogen-bond donors (Lipinski definition) is 1. The molecular formula is C10H11BrClF2NO2S. The zero-order valence-electron chi connectivity index (χ0n) is 9.38. The van der Waals surface area contributed by atoms with Gasteiger partial charge in [-0.1, -0.05) is 6.92 Å². The molecule has 0 bridgehead atoms. The zero-order valence-corrected chi connectivity index (χ0v) is 12.5. The molecule has 0 aliphatic carbocycles. The molecule has 0 fully saturated rings. The molecule has 1 atom stereocenters.